The van der Waals surface area contributed by atoms with Gasteiger partial charge in [-0.05, 0) is 37.2 Å². The first kappa shape index (κ1) is 15.6. The van der Waals surface area contributed by atoms with Crippen LogP contribution in [0.5, 0.6) is 5.75 Å². The van der Waals surface area contributed by atoms with Crippen molar-refractivity contribution in [2.45, 2.75) is 6.42 Å². The van der Waals surface area contributed by atoms with E-state index in [9.17, 15) is 4.79 Å². The summed E-state index contributed by atoms with van der Waals surface area (Å²) in [7, 11) is 0. The summed E-state index contributed by atoms with van der Waals surface area (Å²) in [5, 5.41) is 8.96. The Balaban J connectivity index is 1.79. The minimum Gasteiger partial charge on any atom is -0.484 e. The Morgan fingerprint density at radius 1 is 1.19 bits per heavy atom. The molecule has 1 amide bonds. The van der Waals surface area contributed by atoms with E-state index in [0.29, 0.717) is 24.5 Å². The fourth-order valence-electron chi connectivity index (χ4n) is 2.39. The van der Waals surface area contributed by atoms with Crippen molar-refractivity contribution in [3.63, 3.8) is 0 Å². The zero-order valence-corrected chi connectivity index (χ0v) is 12.2. The molecule has 6 nitrogen and oxygen atoms in total. The van der Waals surface area contributed by atoms with Gasteiger partial charge in [-0.3, -0.25) is 9.69 Å². The second-order valence-electron chi connectivity index (χ2n) is 5.16. The molecule has 0 bridgehead atoms. The first-order chi connectivity index (χ1) is 10.2. The number of rotatable bonds is 5. The van der Waals surface area contributed by atoms with Crippen molar-refractivity contribution in [1.82, 2.24) is 9.80 Å². The van der Waals surface area contributed by atoms with E-state index in [2.05, 4.69) is 4.90 Å². The lowest BCUT2D eigenvalue weighted by molar-refractivity contribution is -0.133. The number of hydrogen-bond acceptors (Lipinski definition) is 5. The van der Waals surface area contributed by atoms with E-state index in [0.717, 1.165) is 26.1 Å². The van der Waals surface area contributed by atoms with Crippen molar-refractivity contribution >= 4 is 11.6 Å². The predicted molar refractivity (Wildman–Crippen MR) is 81.1 cm³/mol. The van der Waals surface area contributed by atoms with E-state index in [-0.39, 0.29) is 19.1 Å². The molecule has 0 unspecified atom stereocenters. The van der Waals surface area contributed by atoms with Crippen LogP contribution in [0.2, 0.25) is 0 Å². The van der Waals surface area contributed by atoms with Crippen molar-refractivity contribution in [2.24, 2.45) is 0 Å². The van der Waals surface area contributed by atoms with Gasteiger partial charge in [0, 0.05) is 31.9 Å². The van der Waals surface area contributed by atoms with Gasteiger partial charge in [-0.2, -0.15) is 0 Å². The molecule has 2 rings (SSSR count). The SMILES string of the molecule is Nc1ccc(OCC(=O)N2CCCN(CCO)CC2)cc1. The molecule has 0 radical (unpaired) electrons. The number of benzene rings is 1. The van der Waals surface area contributed by atoms with Crippen molar-refractivity contribution in [3.05, 3.63) is 24.3 Å². The van der Waals surface area contributed by atoms with E-state index in [1.807, 2.05) is 4.90 Å². The summed E-state index contributed by atoms with van der Waals surface area (Å²) in [5.41, 5.74) is 6.27. The minimum absolute atomic E-state index is 0.00215. The van der Waals surface area contributed by atoms with Crippen LogP contribution in [0.15, 0.2) is 24.3 Å². The highest BCUT2D eigenvalue weighted by Gasteiger charge is 2.19. The molecule has 1 aliphatic heterocycles. The van der Waals surface area contributed by atoms with Gasteiger partial charge in [-0.1, -0.05) is 0 Å². The van der Waals surface area contributed by atoms with Crippen LogP contribution < -0.4 is 10.5 Å². The Bertz CT molecular complexity index is 450. The number of hydrogen-bond donors (Lipinski definition) is 2. The number of aliphatic hydroxyl groups excluding tert-OH is 1. The standard InChI is InChI=1S/C15H23N3O3/c16-13-2-4-14(5-3-13)21-12-15(20)18-7-1-6-17(8-9-18)10-11-19/h2-5,19H,1,6-12,16H2. The van der Waals surface area contributed by atoms with E-state index in [1.54, 1.807) is 24.3 Å². The second-order valence-corrected chi connectivity index (χ2v) is 5.16. The molecular formula is C15H23N3O3. The van der Waals surface area contributed by atoms with Crippen molar-refractivity contribution in [1.29, 1.82) is 0 Å². The normalized spacial score (nSPS) is 16.5. The number of nitrogen functional groups attached to an aromatic ring is 1. The van der Waals surface area contributed by atoms with Crippen LogP contribution in [0.25, 0.3) is 0 Å². The Hall–Kier alpha value is -1.79. The number of nitrogens with zero attached hydrogens (tertiary/aromatic N) is 2. The first-order valence-corrected chi connectivity index (χ1v) is 7.28. The predicted octanol–water partition coefficient (Wildman–Crippen LogP) is 0.174. The molecule has 1 aliphatic rings. The molecule has 6 heteroatoms. The second kappa shape index (κ2) is 7.85. The third-order valence-corrected chi connectivity index (χ3v) is 3.60. The summed E-state index contributed by atoms with van der Waals surface area (Å²) in [6, 6.07) is 7.01. The maximum Gasteiger partial charge on any atom is 0.260 e. The lowest BCUT2D eigenvalue weighted by Gasteiger charge is -2.21. The average molecular weight is 293 g/mol. The molecule has 1 heterocycles. The lowest BCUT2D eigenvalue weighted by Crippen LogP contribution is -2.38. The summed E-state index contributed by atoms with van der Waals surface area (Å²) in [4.78, 5) is 16.2. The Morgan fingerprint density at radius 2 is 1.95 bits per heavy atom. The average Bonchev–Trinajstić information content (AvgIpc) is 2.72. The van der Waals surface area contributed by atoms with E-state index in [4.69, 9.17) is 15.6 Å². The number of carbonyl (C=O) groups is 1. The summed E-state index contributed by atoms with van der Waals surface area (Å²) < 4.78 is 5.49. The summed E-state index contributed by atoms with van der Waals surface area (Å²) in [6.45, 7) is 4.02. The van der Waals surface area contributed by atoms with Gasteiger partial charge in [0.1, 0.15) is 5.75 Å². The van der Waals surface area contributed by atoms with Crippen LogP contribution in [-0.2, 0) is 4.79 Å². The molecule has 1 aromatic carbocycles. The highest BCUT2D eigenvalue weighted by Crippen LogP contribution is 2.13. The first-order valence-electron chi connectivity index (χ1n) is 7.28. The molecule has 0 aliphatic carbocycles. The molecule has 116 valence electrons. The van der Waals surface area contributed by atoms with Gasteiger partial charge in [0.15, 0.2) is 6.61 Å². The molecule has 0 saturated carbocycles. The fourth-order valence-corrected chi connectivity index (χ4v) is 2.39. The molecule has 3 N–H and O–H groups in total. The molecule has 1 saturated heterocycles. The molecule has 1 fully saturated rings. The maximum absolute atomic E-state index is 12.2. The number of β-amino-alcohol motifs (C(OH)–C–C–N with tert-alkyl or cyclic N) is 1. The van der Waals surface area contributed by atoms with Crippen LogP contribution in [0.4, 0.5) is 5.69 Å². The summed E-state index contributed by atoms with van der Waals surface area (Å²) >= 11 is 0. The van der Waals surface area contributed by atoms with Crippen molar-refractivity contribution in [3.8, 4) is 5.75 Å². The van der Waals surface area contributed by atoms with Gasteiger partial charge in [0.2, 0.25) is 0 Å². The fraction of sp³-hybridized carbons (Fsp3) is 0.533. The number of ether oxygens (including phenoxy) is 1. The number of nitrogens with two attached hydrogens (primary N) is 1. The maximum atomic E-state index is 12.2. The Kier molecular flexibility index (Phi) is 5.83. The number of carbonyl (C=O) groups excluding carboxylic acids is 1. The third-order valence-electron chi connectivity index (χ3n) is 3.60. The summed E-state index contributed by atoms with van der Waals surface area (Å²) in [5.74, 6) is 0.645. The lowest BCUT2D eigenvalue weighted by atomic mass is 10.3. The monoisotopic (exact) mass is 293 g/mol. The van der Waals surface area contributed by atoms with E-state index < -0.39 is 0 Å². The zero-order chi connectivity index (χ0) is 15.1. The number of aliphatic hydroxyl groups is 1. The van der Waals surface area contributed by atoms with Crippen LogP contribution in [0, 0.1) is 0 Å². The van der Waals surface area contributed by atoms with Gasteiger partial charge < -0.3 is 20.5 Å². The molecule has 21 heavy (non-hydrogen) atoms. The van der Waals surface area contributed by atoms with Crippen LogP contribution in [0.1, 0.15) is 6.42 Å². The highest BCUT2D eigenvalue weighted by molar-refractivity contribution is 5.77. The zero-order valence-electron chi connectivity index (χ0n) is 12.2. The number of amides is 1. The van der Waals surface area contributed by atoms with Crippen molar-refractivity contribution in [2.75, 3.05) is 51.7 Å². The molecular weight excluding hydrogens is 270 g/mol. The highest BCUT2D eigenvalue weighted by atomic mass is 16.5. The smallest absolute Gasteiger partial charge is 0.260 e. The summed E-state index contributed by atoms with van der Waals surface area (Å²) in [6.07, 6.45) is 0.924. The molecule has 0 atom stereocenters. The largest absolute Gasteiger partial charge is 0.484 e. The van der Waals surface area contributed by atoms with Gasteiger partial charge >= 0.3 is 0 Å². The quantitative estimate of drug-likeness (QED) is 0.757. The van der Waals surface area contributed by atoms with Crippen LogP contribution in [-0.4, -0.2) is 66.8 Å². The van der Waals surface area contributed by atoms with Crippen molar-refractivity contribution < 1.29 is 14.6 Å². The number of anilines is 1. The van der Waals surface area contributed by atoms with E-state index in [1.165, 1.54) is 0 Å². The van der Waals surface area contributed by atoms with E-state index >= 15 is 0 Å². The van der Waals surface area contributed by atoms with Crippen LogP contribution in [0.3, 0.4) is 0 Å². The van der Waals surface area contributed by atoms with Gasteiger partial charge in [0.25, 0.3) is 5.91 Å². The Labute approximate surface area is 125 Å². The molecule has 0 aromatic heterocycles. The molecule has 0 spiro atoms. The molecule has 1 aromatic rings. The van der Waals surface area contributed by atoms with Gasteiger partial charge in [-0.25, -0.2) is 0 Å². The third kappa shape index (κ3) is 4.91. The van der Waals surface area contributed by atoms with Crippen LogP contribution >= 0.6 is 0 Å². The minimum atomic E-state index is -0.00215. The van der Waals surface area contributed by atoms with Gasteiger partial charge in [-0.15, -0.1) is 0 Å². The Morgan fingerprint density at radius 3 is 2.67 bits per heavy atom. The topological polar surface area (TPSA) is 79.0 Å². The van der Waals surface area contributed by atoms with Gasteiger partial charge in [0.05, 0.1) is 6.61 Å².